The lowest BCUT2D eigenvalue weighted by molar-refractivity contribution is 0.830. The molecule has 0 fully saturated rings. The minimum atomic E-state index is -0.237. The smallest absolute Gasteiger partial charge is 0.145 e. The Hall–Kier alpha value is -7.69. The van der Waals surface area contributed by atoms with E-state index in [0.29, 0.717) is 0 Å². The third kappa shape index (κ3) is 5.05. The van der Waals surface area contributed by atoms with Crippen LogP contribution in [-0.2, 0) is 0 Å². The average Bonchev–Trinajstić information content (AvgIpc) is 3.81. The first-order chi connectivity index (χ1) is 28.8. The van der Waals surface area contributed by atoms with Gasteiger partial charge in [0.05, 0.1) is 33.5 Å². The van der Waals surface area contributed by atoms with Crippen LogP contribution >= 0.6 is 0 Å². The van der Waals surface area contributed by atoms with Crippen LogP contribution in [0.1, 0.15) is 22.9 Å². The number of nitrogens with zero attached hydrogens (tertiary/aromatic N) is 3. The summed E-state index contributed by atoms with van der Waals surface area (Å²) in [7, 11) is 0. The molecule has 1 aliphatic heterocycles. The van der Waals surface area contributed by atoms with Crippen LogP contribution in [0, 0.1) is 0 Å². The molecule has 4 nitrogen and oxygen atoms in total. The van der Waals surface area contributed by atoms with Crippen molar-refractivity contribution in [3.63, 3.8) is 0 Å². The summed E-state index contributed by atoms with van der Waals surface area (Å²) in [6.45, 7) is 0. The van der Waals surface area contributed by atoms with E-state index in [1.54, 1.807) is 0 Å². The van der Waals surface area contributed by atoms with Crippen molar-refractivity contribution in [2.75, 3.05) is 5.32 Å². The molecular weight excluding hydrogens is 705 g/mol. The Labute approximate surface area is 335 Å². The molecule has 11 aromatic rings. The molecular formula is C54H36N4. The molecule has 4 heteroatoms. The van der Waals surface area contributed by atoms with Crippen LogP contribution in [0.4, 0.5) is 5.69 Å². The largest absolute Gasteiger partial charge is 0.359 e. The summed E-state index contributed by atoms with van der Waals surface area (Å²) < 4.78 is 4.80. The highest BCUT2D eigenvalue weighted by atomic mass is 15.1. The van der Waals surface area contributed by atoms with Crippen LogP contribution < -0.4 is 5.32 Å². The summed E-state index contributed by atoms with van der Waals surface area (Å²) in [6.07, 6.45) is -0.237. The van der Waals surface area contributed by atoms with E-state index in [4.69, 9.17) is 4.99 Å². The van der Waals surface area contributed by atoms with Gasteiger partial charge in [-0.2, -0.15) is 0 Å². The minimum Gasteiger partial charge on any atom is -0.359 e. The Morgan fingerprint density at radius 3 is 1.59 bits per heavy atom. The van der Waals surface area contributed by atoms with Gasteiger partial charge in [0.25, 0.3) is 0 Å². The molecule has 2 aromatic heterocycles. The van der Waals surface area contributed by atoms with Gasteiger partial charge in [0, 0.05) is 49.4 Å². The van der Waals surface area contributed by atoms with E-state index >= 15 is 0 Å². The molecule has 12 rings (SSSR count). The van der Waals surface area contributed by atoms with Crippen molar-refractivity contribution in [3.8, 4) is 22.5 Å². The van der Waals surface area contributed by atoms with Gasteiger partial charge in [-0.05, 0) is 70.6 Å². The zero-order chi connectivity index (χ0) is 38.2. The van der Waals surface area contributed by atoms with Crippen molar-refractivity contribution in [3.05, 3.63) is 223 Å². The number of fused-ring (bicyclic) bond motifs is 9. The van der Waals surface area contributed by atoms with Crippen molar-refractivity contribution in [1.82, 2.24) is 9.13 Å². The molecule has 0 saturated heterocycles. The Balaban J connectivity index is 0.972. The predicted octanol–water partition coefficient (Wildman–Crippen LogP) is 13.7. The number of hydrogen-bond donors (Lipinski definition) is 1. The van der Waals surface area contributed by atoms with E-state index in [9.17, 15) is 0 Å². The van der Waals surface area contributed by atoms with Gasteiger partial charge in [-0.15, -0.1) is 0 Å². The summed E-state index contributed by atoms with van der Waals surface area (Å²) in [5, 5.41) is 11.2. The lowest BCUT2D eigenvalue weighted by atomic mass is 9.93. The fourth-order valence-electron chi connectivity index (χ4n) is 9.22. The number of rotatable bonds is 5. The maximum Gasteiger partial charge on any atom is 0.145 e. The Kier molecular flexibility index (Phi) is 7.26. The number of benzene rings is 9. The fraction of sp³-hybridized carbons (Fsp3) is 0.0185. The highest BCUT2D eigenvalue weighted by molar-refractivity contribution is 6.20. The first kappa shape index (κ1) is 32.5. The van der Waals surface area contributed by atoms with Crippen LogP contribution in [0.3, 0.4) is 0 Å². The van der Waals surface area contributed by atoms with Crippen molar-refractivity contribution in [2.45, 2.75) is 6.17 Å². The lowest BCUT2D eigenvalue weighted by Crippen LogP contribution is -2.21. The molecule has 0 amide bonds. The van der Waals surface area contributed by atoms with E-state index in [1.807, 2.05) is 0 Å². The molecule has 272 valence electrons. The number of para-hydroxylation sites is 3. The topological polar surface area (TPSA) is 34.2 Å². The molecule has 1 N–H and O–H groups in total. The third-order valence-electron chi connectivity index (χ3n) is 12.0. The summed E-state index contributed by atoms with van der Waals surface area (Å²) in [5.74, 6) is 0. The number of aromatic nitrogens is 2. The van der Waals surface area contributed by atoms with Crippen LogP contribution in [0.5, 0.6) is 0 Å². The summed E-state index contributed by atoms with van der Waals surface area (Å²) >= 11 is 0. The highest BCUT2D eigenvalue weighted by Gasteiger charge is 2.25. The van der Waals surface area contributed by atoms with Crippen LogP contribution in [0.25, 0.3) is 76.9 Å². The second kappa shape index (κ2) is 12.9. The first-order valence-corrected chi connectivity index (χ1v) is 19.9. The molecule has 0 bridgehead atoms. The van der Waals surface area contributed by atoms with Crippen molar-refractivity contribution in [1.29, 1.82) is 0 Å². The van der Waals surface area contributed by atoms with E-state index in [-0.39, 0.29) is 6.17 Å². The van der Waals surface area contributed by atoms with Crippen molar-refractivity contribution >= 4 is 65.8 Å². The van der Waals surface area contributed by atoms with Gasteiger partial charge >= 0.3 is 0 Å². The Bertz CT molecular complexity index is 3350. The maximum absolute atomic E-state index is 5.44. The summed E-state index contributed by atoms with van der Waals surface area (Å²) in [5.41, 5.74) is 14.9. The zero-order valence-electron chi connectivity index (χ0n) is 31.5. The molecule has 3 heterocycles. The normalized spacial score (nSPS) is 13.9. The van der Waals surface area contributed by atoms with Crippen molar-refractivity contribution < 1.29 is 0 Å². The van der Waals surface area contributed by atoms with E-state index in [1.165, 1.54) is 65.5 Å². The number of anilines is 1. The molecule has 0 radical (unpaired) electrons. The molecule has 0 aliphatic carbocycles. The Morgan fingerprint density at radius 1 is 0.379 bits per heavy atom. The zero-order valence-corrected chi connectivity index (χ0v) is 31.5. The highest BCUT2D eigenvalue weighted by Crippen LogP contribution is 2.40. The van der Waals surface area contributed by atoms with Gasteiger partial charge in [-0.1, -0.05) is 158 Å². The van der Waals surface area contributed by atoms with Gasteiger partial charge in [0.15, 0.2) is 0 Å². The molecule has 0 saturated carbocycles. The third-order valence-corrected chi connectivity index (χ3v) is 12.0. The summed E-state index contributed by atoms with van der Waals surface area (Å²) in [4.78, 5) is 5.44. The van der Waals surface area contributed by atoms with Crippen LogP contribution in [0.15, 0.2) is 211 Å². The van der Waals surface area contributed by atoms with E-state index < -0.39 is 0 Å². The molecule has 0 spiro atoms. The van der Waals surface area contributed by atoms with Gasteiger partial charge in [-0.25, -0.2) is 0 Å². The summed E-state index contributed by atoms with van der Waals surface area (Å²) in [6, 6.07) is 74.4. The standard InChI is InChI=1S/C54H36N4/c1-2-12-35(13-3-1)36-22-24-39(25-23-36)54-55-52(46-32-28-37-14-4-5-15-42(37)53(46)56-54)38-26-29-40(30-27-38)57-50-21-11-8-18-45(50)47-34-41(31-33-51(47)57)58-48-19-9-6-16-43(48)44-17-7-10-20-49(44)58/h1-34,54,56H. The van der Waals surface area contributed by atoms with Crippen LogP contribution in [0.2, 0.25) is 0 Å². The van der Waals surface area contributed by atoms with Gasteiger partial charge in [0.1, 0.15) is 6.17 Å². The maximum atomic E-state index is 5.44. The molecule has 58 heavy (non-hydrogen) atoms. The number of hydrogen-bond acceptors (Lipinski definition) is 2. The molecule has 1 unspecified atom stereocenters. The van der Waals surface area contributed by atoms with Crippen molar-refractivity contribution in [2.24, 2.45) is 4.99 Å². The number of aliphatic imine (C=N–C) groups is 1. The van der Waals surface area contributed by atoms with Crippen LogP contribution in [-0.4, -0.2) is 14.8 Å². The minimum absolute atomic E-state index is 0.237. The van der Waals surface area contributed by atoms with Gasteiger partial charge < -0.3 is 14.5 Å². The fourth-order valence-corrected chi connectivity index (χ4v) is 9.22. The molecule has 1 aliphatic rings. The Morgan fingerprint density at radius 2 is 0.897 bits per heavy atom. The van der Waals surface area contributed by atoms with E-state index in [2.05, 4.69) is 221 Å². The van der Waals surface area contributed by atoms with Gasteiger partial charge in [0.2, 0.25) is 0 Å². The number of nitrogens with one attached hydrogen (secondary N) is 1. The second-order valence-corrected chi connectivity index (χ2v) is 15.2. The molecule has 9 aromatic carbocycles. The van der Waals surface area contributed by atoms with E-state index in [0.717, 1.165) is 39.5 Å². The van der Waals surface area contributed by atoms with Gasteiger partial charge in [-0.3, -0.25) is 4.99 Å². The molecule has 1 atom stereocenters. The predicted molar refractivity (Wildman–Crippen MR) is 243 cm³/mol. The lowest BCUT2D eigenvalue weighted by Gasteiger charge is -2.28. The SMILES string of the molecule is c1ccc(-c2ccc(C3N=C(c4ccc(-n5c6ccccc6c6cc(-n7c8ccccc8c8ccccc87)ccc65)cc4)c4ccc5ccccc5c4N3)cc2)cc1. The quantitative estimate of drug-likeness (QED) is 0.187. The average molecular weight is 741 g/mol. The first-order valence-electron chi connectivity index (χ1n) is 19.9. The monoisotopic (exact) mass is 740 g/mol. The second-order valence-electron chi connectivity index (χ2n) is 15.2.